The minimum Gasteiger partial charge on any atom is -0.345 e. The van der Waals surface area contributed by atoms with E-state index in [9.17, 15) is 14.4 Å². The van der Waals surface area contributed by atoms with Crippen LogP contribution in [0, 0.1) is 12.8 Å². The Morgan fingerprint density at radius 3 is 2.38 bits per heavy atom. The molecular formula is C23H29N3O3. The summed E-state index contributed by atoms with van der Waals surface area (Å²) in [5, 5.41) is 8.21. The second-order valence-electron chi connectivity index (χ2n) is 7.34. The molecule has 0 saturated heterocycles. The molecule has 0 spiro atoms. The summed E-state index contributed by atoms with van der Waals surface area (Å²) in [6, 6.07) is 14.0. The van der Waals surface area contributed by atoms with Gasteiger partial charge < -0.3 is 16.0 Å². The van der Waals surface area contributed by atoms with Crippen LogP contribution < -0.4 is 16.0 Å². The fourth-order valence-corrected chi connectivity index (χ4v) is 2.97. The van der Waals surface area contributed by atoms with E-state index in [1.54, 1.807) is 18.2 Å². The topological polar surface area (TPSA) is 87.3 Å². The van der Waals surface area contributed by atoms with Crippen LogP contribution in [0.25, 0.3) is 0 Å². The third-order valence-electron chi connectivity index (χ3n) is 4.61. The van der Waals surface area contributed by atoms with Gasteiger partial charge in [0.15, 0.2) is 0 Å². The van der Waals surface area contributed by atoms with Crippen LogP contribution in [0.4, 0.5) is 5.69 Å². The van der Waals surface area contributed by atoms with E-state index in [1.807, 2.05) is 58.0 Å². The van der Waals surface area contributed by atoms with Crippen LogP contribution in [0.5, 0.6) is 0 Å². The smallest absolute Gasteiger partial charge is 0.251 e. The zero-order valence-corrected chi connectivity index (χ0v) is 17.4. The zero-order valence-electron chi connectivity index (χ0n) is 17.4. The van der Waals surface area contributed by atoms with Gasteiger partial charge in [-0.05, 0) is 43.0 Å². The summed E-state index contributed by atoms with van der Waals surface area (Å²) in [5.41, 5.74) is 3.23. The van der Waals surface area contributed by atoms with E-state index in [-0.39, 0.29) is 30.2 Å². The van der Waals surface area contributed by atoms with Crippen molar-refractivity contribution in [2.75, 3.05) is 11.9 Å². The minimum absolute atomic E-state index is 0.132. The number of hydrogen-bond donors (Lipinski definition) is 3. The number of nitrogens with one attached hydrogen (secondary N) is 3. The molecule has 29 heavy (non-hydrogen) atoms. The van der Waals surface area contributed by atoms with Gasteiger partial charge in [0.1, 0.15) is 6.04 Å². The fraction of sp³-hybridized carbons (Fsp3) is 0.348. The number of carbonyl (C=O) groups is 3. The van der Waals surface area contributed by atoms with Crippen LogP contribution in [-0.2, 0) is 16.0 Å². The summed E-state index contributed by atoms with van der Waals surface area (Å²) in [6.45, 7) is 7.44. The average Bonchev–Trinajstić information content (AvgIpc) is 2.70. The third kappa shape index (κ3) is 6.45. The Bertz CT molecular complexity index is 877. The molecule has 0 radical (unpaired) electrons. The Balaban J connectivity index is 1.95. The average molecular weight is 396 g/mol. The molecule has 0 bridgehead atoms. The van der Waals surface area contributed by atoms with Crippen molar-refractivity contribution in [3.8, 4) is 0 Å². The van der Waals surface area contributed by atoms with Crippen LogP contribution in [0.15, 0.2) is 48.5 Å². The van der Waals surface area contributed by atoms with Crippen molar-refractivity contribution in [1.82, 2.24) is 10.6 Å². The first-order valence-electron chi connectivity index (χ1n) is 9.84. The molecule has 2 rings (SSSR count). The molecule has 6 heteroatoms. The molecule has 0 heterocycles. The number of amides is 3. The highest BCUT2D eigenvalue weighted by Gasteiger charge is 2.25. The van der Waals surface area contributed by atoms with E-state index >= 15 is 0 Å². The van der Waals surface area contributed by atoms with Gasteiger partial charge in [0.05, 0.1) is 6.54 Å². The summed E-state index contributed by atoms with van der Waals surface area (Å²) in [4.78, 5) is 37.3. The molecule has 3 N–H and O–H groups in total. The molecule has 154 valence electrons. The van der Waals surface area contributed by atoms with Crippen molar-refractivity contribution >= 4 is 23.4 Å². The van der Waals surface area contributed by atoms with E-state index in [1.165, 1.54) is 0 Å². The van der Waals surface area contributed by atoms with E-state index in [4.69, 9.17) is 0 Å². The van der Waals surface area contributed by atoms with E-state index in [2.05, 4.69) is 16.0 Å². The SMILES string of the molecule is CCc1ccccc1NC(=O)CNC(=O)C(NC(=O)c1cccc(C)c1)C(C)C. The number of hydrogen-bond acceptors (Lipinski definition) is 3. The lowest BCUT2D eigenvalue weighted by atomic mass is 10.0. The first kappa shape index (κ1) is 22.1. The predicted molar refractivity (Wildman–Crippen MR) is 115 cm³/mol. The van der Waals surface area contributed by atoms with Crippen LogP contribution in [0.2, 0.25) is 0 Å². The molecule has 1 atom stereocenters. The molecule has 0 aliphatic carbocycles. The van der Waals surface area contributed by atoms with Crippen molar-refractivity contribution in [3.63, 3.8) is 0 Å². The second-order valence-corrected chi connectivity index (χ2v) is 7.34. The molecule has 0 aliphatic heterocycles. The quantitative estimate of drug-likeness (QED) is 0.642. The molecule has 1 unspecified atom stereocenters. The van der Waals surface area contributed by atoms with Crippen LogP contribution in [0.3, 0.4) is 0 Å². The summed E-state index contributed by atoms with van der Waals surface area (Å²) in [5.74, 6) is -1.15. The molecule has 6 nitrogen and oxygen atoms in total. The molecule has 0 fully saturated rings. The predicted octanol–water partition coefficient (Wildman–Crippen LogP) is 3.07. The van der Waals surface area contributed by atoms with Gasteiger partial charge >= 0.3 is 0 Å². The number of carbonyl (C=O) groups excluding carboxylic acids is 3. The Labute approximate surface area is 172 Å². The maximum absolute atomic E-state index is 12.6. The van der Waals surface area contributed by atoms with Crippen molar-refractivity contribution < 1.29 is 14.4 Å². The monoisotopic (exact) mass is 395 g/mol. The van der Waals surface area contributed by atoms with Crippen molar-refractivity contribution in [1.29, 1.82) is 0 Å². The van der Waals surface area contributed by atoms with Crippen LogP contribution in [-0.4, -0.2) is 30.3 Å². The third-order valence-corrected chi connectivity index (χ3v) is 4.61. The summed E-state index contributed by atoms with van der Waals surface area (Å²) < 4.78 is 0. The van der Waals surface area contributed by atoms with E-state index in [0.717, 1.165) is 23.2 Å². The number of rotatable bonds is 8. The highest BCUT2D eigenvalue weighted by atomic mass is 16.2. The molecular weight excluding hydrogens is 366 g/mol. The standard InChI is InChI=1S/C23H29N3O3/c1-5-17-10-6-7-12-19(17)25-20(27)14-24-23(29)21(15(2)3)26-22(28)18-11-8-9-16(4)13-18/h6-13,15,21H,5,14H2,1-4H3,(H,24,29)(H,25,27)(H,26,28). The van der Waals surface area contributed by atoms with Gasteiger partial charge in [0.2, 0.25) is 11.8 Å². The first-order valence-corrected chi connectivity index (χ1v) is 9.84. The normalized spacial score (nSPS) is 11.6. The molecule has 0 saturated carbocycles. The second kappa shape index (κ2) is 10.4. The number of anilines is 1. The largest absolute Gasteiger partial charge is 0.345 e. The maximum atomic E-state index is 12.6. The van der Waals surface area contributed by atoms with Crippen molar-refractivity contribution in [2.45, 2.75) is 40.2 Å². The Morgan fingerprint density at radius 2 is 1.72 bits per heavy atom. The van der Waals surface area contributed by atoms with Gasteiger partial charge in [-0.25, -0.2) is 0 Å². The lowest BCUT2D eigenvalue weighted by molar-refractivity contribution is -0.126. The molecule has 3 amide bonds. The Kier molecular flexibility index (Phi) is 7.95. The van der Waals surface area contributed by atoms with E-state index < -0.39 is 6.04 Å². The van der Waals surface area contributed by atoms with Crippen molar-refractivity contribution in [2.24, 2.45) is 5.92 Å². The molecule has 2 aromatic carbocycles. The van der Waals surface area contributed by atoms with Crippen LogP contribution >= 0.6 is 0 Å². The van der Waals surface area contributed by atoms with Crippen LogP contribution in [0.1, 0.15) is 42.3 Å². The molecule has 0 aromatic heterocycles. The fourth-order valence-electron chi connectivity index (χ4n) is 2.97. The summed E-state index contributed by atoms with van der Waals surface area (Å²) >= 11 is 0. The summed E-state index contributed by atoms with van der Waals surface area (Å²) in [7, 11) is 0. The van der Waals surface area contributed by atoms with Gasteiger partial charge in [0.25, 0.3) is 5.91 Å². The highest BCUT2D eigenvalue weighted by Crippen LogP contribution is 2.15. The van der Waals surface area contributed by atoms with Crippen molar-refractivity contribution in [3.05, 3.63) is 65.2 Å². The van der Waals surface area contributed by atoms with Gasteiger partial charge in [0, 0.05) is 11.3 Å². The highest BCUT2D eigenvalue weighted by molar-refractivity contribution is 5.99. The van der Waals surface area contributed by atoms with E-state index in [0.29, 0.717) is 5.56 Å². The lowest BCUT2D eigenvalue weighted by Crippen LogP contribution is -2.51. The Hall–Kier alpha value is -3.15. The number of para-hydroxylation sites is 1. The zero-order chi connectivity index (χ0) is 21.4. The Morgan fingerprint density at radius 1 is 1.00 bits per heavy atom. The molecule has 2 aromatic rings. The maximum Gasteiger partial charge on any atom is 0.251 e. The summed E-state index contributed by atoms with van der Waals surface area (Å²) in [6.07, 6.45) is 0.795. The van der Waals surface area contributed by atoms with Gasteiger partial charge in [-0.2, -0.15) is 0 Å². The van der Waals surface area contributed by atoms with Gasteiger partial charge in [-0.15, -0.1) is 0 Å². The number of benzene rings is 2. The first-order chi connectivity index (χ1) is 13.8. The number of aryl methyl sites for hydroxylation is 2. The lowest BCUT2D eigenvalue weighted by Gasteiger charge is -2.22. The van der Waals surface area contributed by atoms with Gasteiger partial charge in [-0.3, -0.25) is 14.4 Å². The molecule has 0 aliphatic rings. The van der Waals surface area contributed by atoms with Gasteiger partial charge in [-0.1, -0.05) is 56.7 Å². The minimum atomic E-state index is -0.737.